The lowest BCUT2D eigenvalue weighted by molar-refractivity contribution is 0.104. The minimum atomic E-state index is -0.326. The van der Waals surface area contributed by atoms with Crippen molar-refractivity contribution in [1.29, 1.82) is 0 Å². The van der Waals surface area contributed by atoms with E-state index in [1.807, 2.05) is 49.5 Å². The molecule has 0 N–H and O–H groups in total. The normalized spacial score (nSPS) is 10.8. The van der Waals surface area contributed by atoms with Gasteiger partial charge < -0.3 is 4.74 Å². The molecule has 1 heterocycles. The number of aromatic nitrogens is 2. The summed E-state index contributed by atoms with van der Waals surface area (Å²) in [7, 11) is 0. The number of para-hydroxylation sites is 1. The van der Waals surface area contributed by atoms with Gasteiger partial charge in [-0.05, 0) is 67.6 Å². The van der Waals surface area contributed by atoms with Crippen LogP contribution in [-0.4, -0.2) is 22.2 Å². The van der Waals surface area contributed by atoms with Crippen molar-refractivity contribution in [1.82, 2.24) is 9.78 Å². The van der Waals surface area contributed by atoms with Crippen molar-refractivity contribution in [3.8, 4) is 35.0 Å². The molecule has 3 aromatic carbocycles. The van der Waals surface area contributed by atoms with Gasteiger partial charge in [-0.25, -0.2) is 9.07 Å². The van der Waals surface area contributed by atoms with Gasteiger partial charge in [-0.2, -0.15) is 5.10 Å². The van der Waals surface area contributed by atoms with E-state index in [1.165, 1.54) is 18.2 Å². The number of allylic oxidation sites excluding steroid dienone is 1. The summed E-state index contributed by atoms with van der Waals surface area (Å²) in [5.74, 6) is 2.30. The summed E-state index contributed by atoms with van der Waals surface area (Å²) in [6, 6.07) is 21.1. The number of halogens is 1. The smallest absolute Gasteiger partial charge is 0.189 e. The molecule has 0 unspecified atom stereocenters. The molecule has 4 rings (SSSR count). The molecule has 0 saturated carbocycles. The first-order valence-corrected chi connectivity index (χ1v) is 10.4. The van der Waals surface area contributed by atoms with Crippen molar-refractivity contribution >= 4 is 11.9 Å². The number of carbonyl (C=O) groups is 1. The highest BCUT2D eigenvalue weighted by molar-refractivity contribution is 6.09. The van der Waals surface area contributed by atoms with Crippen LogP contribution in [-0.2, 0) is 0 Å². The van der Waals surface area contributed by atoms with Gasteiger partial charge in [0.25, 0.3) is 0 Å². The first-order valence-electron chi connectivity index (χ1n) is 10.4. The predicted octanol–water partition coefficient (Wildman–Crippen LogP) is 5.89. The van der Waals surface area contributed by atoms with Crippen molar-refractivity contribution in [2.75, 3.05) is 6.61 Å². The molecule has 5 heteroatoms. The number of hydrogen-bond acceptors (Lipinski definition) is 3. The molecule has 0 amide bonds. The van der Waals surface area contributed by atoms with Gasteiger partial charge in [-0.15, -0.1) is 6.42 Å². The van der Waals surface area contributed by atoms with Crippen LogP contribution in [0.25, 0.3) is 23.0 Å². The van der Waals surface area contributed by atoms with Gasteiger partial charge in [0.05, 0.1) is 16.9 Å². The average Bonchev–Trinajstić information content (AvgIpc) is 3.27. The fourth-order valence-corrected chi connectivity index (χ4v) is 3.39. The highest BCUT2D eigenvalue weighted by Crippen LogP contribution is 2.26. The van der Waals surface area contributed by atoms with Gasteiger partial charge in [0.15, 0.2) is 5.78 Å². The molecule has 4 nitrogen and oxygen atoms in total. The Bertz CT molecular complexity index is 1350. The lowest BCUT2D eigenvalue weighted by atomic mass is 10.0. The number of nitrogens with zero attached hydrogens (tertiary/aromatic N) is 2. The van der Waals surface area contributed by atoms with Crippen LogP contribution in [0.3, 0.4) is 0 Å². The van der Waals surface area contributed by atoms with Gasteiger partial charge in [0, 0.05) is 17.3 Å². The molecule has 162 valence electrons. The van der Waals surface area contributed by atoms with E-state index in [4.69, 9.17) is 11.2 Å². The lowest BCUT2D eigenvalue weighted by Gasteiger charge is -2.08. The third-order valence-electron chi connectivity index (χ3n) is 5.01. The van der Waals surface area contributed by atoms with E-state index in [0.717, 1.165) is 22.4 Å². The Morgan fingerprint density at radius 2 is 1.88 bits per heavy atom. The second-order valence-electron chi connectivity index (χ2n) is 7.41. The quantitative estimate of drug-likeness (QED) is 0.206. The molecular formula is C28H21FN2O2. The maximum atomic E-state index is 13.5. The minimum Gasteiger partial charge on any atom is -0.480 e. The molecule has 0 bridgehead atoms. The molecule has 0 atom stereocenters. The molecule has 0 aliphatic rings. The van der Waals surface area contributed by atoms with E-state index in [-0.39, 0.29) is 18.2 Å². The molecule has 0 saturated heterocycles. The second kappa shape index (κ2) is 9.80. The van der Waals surface area contributed by atoms with Crippen LogP contribution in [0, 0.1) is 25.1 Å². The van der Waals surface area contributed by atoms with Gasteiger partial charge in [-0.1, -0.05) is 35.7 Å². The van der Waals surface area contributed by atoms with E-state index in [1.54, 1.807) is 35.0 Å². The Morgan fingerprint density at radius 3 is 2.61 bits per heavy atom. The Labute approximate surface area is 192 Å². The summed E-state index contributed by atoms with van der Waals surface area (Å²) >= 11 is 0. The van der Waals surface area contributed by atoms with Crippen LogP contribution in [0.4, 0.5) is 4.39 Å². The largest absolute Gasteiger partial charge is 0.480 e. The predicted molar refractivity (Wildman–Crippen MR) is 128 cm³/mol. The molecular weight excluding hydrogens is 415 g/mol. The van der Waals surface area contributed by atoms with Crippen molar-refractivity contribution in [2.24, 2.45) is 0 Å². The zero-order chi connectivity index (χ0) is 23.2. The van der Waals surface area contributed by atoms with Crippen LogP contribution in [0.15, 0.2) is 85.1 Å². The fourth-order valence-electron chi connectivity index (χ4n) is 3.39. The molecule has 0 aliphatic heterocycles. The van der Waals surface area contributed by atoms with Crippen LogP contribution < -0.4 is 4.74 Å². The Kier molecular flexibility index (Phi) is 6.47. The number of benzene rings is 3. The molecule has 0 spiro atoms. The van der Waals surface area contributed by atoms with Crippen LogP contribution in [0.1, 0.15) is 21.5 Å². The highest BCUT2D eigenvalue weighted by atomic mass is 19.1. The molecule has 0 fully saturated rings. The summed E-state index contributed by atoms with van der Waals surface area (Å²) in [6.45, 7) is 1.98. The zero-order valence-corrected chi connectivity index (χ0v) is 18.0. The zero-order valence-electron chi connectivity index (χ0n) is 18.0. The van der Waals surface area contributed by atoms with Gasteiger partial charge in [0.2, 0.25) is 0 Å². The maximum absolute atomic E-state index is 13.5. The number of aryl methyl sites for hydroxylation is 1. The maximum Gasteiger partial charge on any atom is 0.189 e. The Hall–Kier alpha value is -4.43. The minimum absolute atomic E-state index is 0.0750. The number of ether oxygens (including phenoxy) is 1. The summed E-state index contributed by atoms with van der Waals surface area (Å²) in [6.07, 6.45) is 10.3. The van der Waals surface area contributed by atoms with Crippen LogP contribution >= 0.6 is 0 Å². The highest BCUT2D eigenvalue weighted by Gasteiger charge is 2.14. The Balaban J connectivity index is 1.72. The first kappa shape index (κ1) is 21.8. The summed E-state index contributed by atoms with van der Waals surface area (Å²) in [5, 5.41) is 4.69. The van der Waals surface area contributed by atoms with Gasteiger partial charge >= 0.3 is 0 Å². The molecule has 0 radical (unpaired) electrons. The van der Waals surface area contributed by atoms with E-state index >= 15 is 0 Å². The summed E-state index contributed by atoms with van der Waals surface area (Å²) < 4.78 is 20.7. The number of carbonyl (C=O) groups excluding carboxylic acids is 1. The average molecular weight is 436 g/mol. The third kappa shape index (κ3) is 5.08. The monoisotopic (exact) mass is 436 g/mol. The van der Waals surface area contributed by atoms with Crippen molar-refractivity contribution in [3.05, 3.63) is 108 Å². The van der Waals surface area contributed by atoms with Crippen molar-refractivity contribution in [3.63, 3.8) is 0 Å². The SMILES string of the molecule is C#CCOc1ccc(C)cc1C(=O)/C=C/c1cn(-c2ccccc2)nc1-c1ccc(F)cc1. The third-order valence-corrected chi connectivity index (χ3v) is 5.01. The molecule has 4 aromatic rings. The van der Waals surface area contributed by atoms with Gasteiger partial charge in [-0.3, -0.25) is 4.79 Å². The van der Waals surface area contributed by atoms with Crippen LogP contribution in [0.2, 0.25) is 0 Å². The topological polar surface area (TPSA) is 44.1 Å². The Morgan fingerprint density at radius 1 is 1.12 bits per heavy atom. The number of hydrogen-bond donors (Lipinski definition) is 0. The fraction of sp³-hybridized carbons (Fsp3) is 0.0714. The standard InChI is InChI=1S/C28H21FN2O2/c1-3-17-33-27-16-9-20(2)18-25(27)26(32)15-12-22-19-31(24-7-5-4-6-8-24)30-28(22)21-10-13-23(29)14-11-21/h1,4-16,18-19H,17H2,2H3/b15-12+. The van der Waals surface area contributed by atoms with Crippen molar-refractivity contribution < 1.29 is 13.9 Å². The molecule has 1 aromatic heterocycles. The number of terminal acetylenes is 1. The molecule has 0 aliphatic carbocycles. The van der Waals surface area contributed by atoms with E-state index in [2.05, 4.69) is 11.0 Å². The first-order chi connectivity index (χ1) is 16.0. The number of ketones is 1. The van der Waals surface area contributed by atoms with Gasteiger partial charge in [0.1, 0.15) is 18.2 Å². The second-order valence-corrected chi connectivity index (χ2v) is 7.41. The lowest BCUT2D eigenvalue weighted by Crippen LogP contribution is -2.02. The van der Waals surface area contributed by atoms with E-state index in [0.29, 0.717) is 17.0 Å². The van der Waals surface area contributed by atoms with Crippen molar-refractivity contribution in [2.45, 2.75) is 6.92 Å². The molecule has 33 heavy (non-hydrogen) atoms. The van der Waals surface area contributed by atoms with E-state index < -0.39 is 0 Å². The van der Waals surface area contributed by atoms with Crippen LogP contribution in [0.5, 0.6) is 5.75 Å². The number of rotatable bonds is 7. The summed E-state index contributed by atoms with van der Waals surface area (Å²) in [4.78, 5) is 13.0. The summed E-state index contributed by atoms with van der Waals surface area (Å²) in [5.41, 5.74) is 4.33. The van der Waals surface area contributed by atoms with E-state index in [9.17, 15) is 9.18 Å².